The fourth-order valence-electron chi connectivity index (χ4n) is 2.34. The van der Waals surface area contributed by atoms with Crippen molar-refractivity contribution in [3.05, 3.63) is 22.7 Å². The maximum Gasteiger partial charge on any atom is 0.498 e. The van der Waals surface area contributed by atoms with Gasteiger partial charge in [0.05, 0.1) is 12.7 Å². The Morgan fingerprint density at radius 2 is 2.17 bits per heavy atom. The normalized spacial score (nSPS) is 22.9. The number of hydrogen-bond donors (Lipinski definition) is 0. The molecule has 0 unspecified atom stereocenters. The van der Waals surface area contributed by atoms with Crippen LogP contribution in [0.4, 0.5) is 0 Å². The van der Waals surface area contributed by atoms with E-state index in [1.54, 1.807) is 7.11 Å². The first-order valence-electron chi connectivity index (χ1n) is 6.08. The molecule has 0 radical (unpaired) electrons. The lowest BCUT2D eigenvalue weighted by molar-refractivity contribution is -0.0231. The van der Waals surface area contributed by atoms with Gasteiger partial charge in [-0.05, 0) is 45.4 Å². The highest BCUT2D eigenvalue weighted by atomic mass is 79.9. The van der Waals surface area contributed by atoms with Crippen molar-refractivity contribution < 1.29 is 14.0 Å². The Hall–Kier alpha value is -0.515. The second kappa shape index (κ2) is 5.23. The van der Waals surface area contributed by atoms with Crippen LogP contribution in [0.25, 0.3) is 0 Å². The maximum atomic E-state index is 6.00. The Labute approximate surface area is 117 Å². The molecule has 1 fully saturated rings. The highest BCUT2D eigenvalue weighted by molar-refractivity contribution is 9.10. The first kappa shape index (κ1) is 13.9. The van der Waals surface area contributed by atoms with Crippen molar-refractivity contribution in [1.82, 2.24) is 0 Å². The van der Waals surface area contributed by atoms with Gasteiger partial charge >= 0.3 is 7.12 Å². The third kappa shape index (κ3) is 3.08. The molecular weight excluding hydrogens is 295 g/mol. The van der Waals surface area contributed by atoms with Crippen LogP contribution < -0.4 is 10.2 Å². The van der Waals surface area contributed by atoms with Gasteiger partial charge in [-0.25, -0.2) is 0 Å². The van der Waals surface area contributed by atoms with Gasteiger partial charge in [-0.2, -0.15) is 0 Å². The van der Waals surface area contributed by atoms with Gasteiger partial charge < -0.3 is 14.0 Å². The summed E-state index contributed by atoms with van der Waals surface area (Å²) in [6.07, 6.45) is 1.06. The lowest BCUT2D eigenvalue weighted by atomic mass is 9.74. The second-order valence-corrected chi connectivity index (χ2v) is 6.16. The molecule has 0 saturated carbocycles. The highest BCUT2D eigenvalue weighted by Gasteiger charge is 2.39. The molecule has 18 heavy (non-hydrogen) atoms. The summed E-state index contributed by atoms with van der Waals surface area (Å²) in [4.78, 5) is 0. The number of rotatable bonds is 2. The third-order valence-electron chi connectivity index (χ3n) is 3.01. The minimum atomic E-state index is -0.379. The van der Waals surface area contributed by atoms with E-state index in [4.69, 9.17) is 14.0 Å². The Morgan fingerprint density at radius 1 is 1.44 bits per heavy atom. The molecule has 0 aromatic heterocycles. The van der Waals surface area contributed by atoms with Gasteiger partial charge in [0, 0.05) is 16.0 Å². The van der Waals surface area contributed by atoms with Crippen molar-refractivity contribution >= 4 is 28.5 Å². The molecule has 1 aromatic rings. The molecule has 5 heteroatoms. The van der Waals surface area contributed by atoms with E-state index in [0.29, 0.717) is 0 Å². The van der Waals surface area contributed by atoms with E-state index in [9.17, 15) is 0 Å². The Morgan fingerprint density at radius 3 is 2.78 bits per heavy atom. The molecule has 0 bridgehead atoms. The van der Waals surface area contributed by atoms with E-state index < -0.39 is 0 Å². The fraction of sp³-hybridized carbons (Fsp3) is 0.538. The molecule has 0 spiro atoms. The predicted octanol–water partition coefficient (Wildman–Crippen LogP) is 2.76. The average Bonchev–Trinajstić information content (AvgIpc) is 2.26. The highest BCUT2D eigenvalue weighted by Crippen LogP contribution is 2.27. The van der Waals surface area contributed by atoms with Gasteiger partial charge in [-0.3, -0.25) is 0 Å². The zero-order valence-electron chi connectivity index (χ0n) is 11.2. The minimum Gasteiger partial charge on any atom is -0.497 e. The summed E-state index contributed by atoms with van der Waals surface area (Å²) < 4.78 is 18.3. The molecule has 1 heterocycles. The number of ether oxygens (including phenoxy) is 1. The lowest BCUT2D eigenvalue weighted by Crippen LogP contribution is -2.52. The maximum absolute atomic E-state index is 6.00. The standard InChI is InChI=1S/C13H18BBrO3/c1-9-8-13(2,3)18-14(17-9)11-7-10(15)5-6-12(11)16-4/h5-7,9H,8H2,1-4H3/t9-/m0/s1. The Balaban J connectivity index is 2.32. The minimum absolute atomic E-state index is 0.169. The van der Waals surface area contributed by atoms with E-state index in [-0.39, 0.29) is 18.8 Å². The monoisotopic (exact) mass is 312 g/mol. The molecular formula is C13H18BBrO3. The molecule has 1 atom stereocenters. The van der Waals surface area contributed by atoms with Crippen LogP contribution in [0.3, 0.4) is 0 Å². The molecule has 0 amide bonds. The topological polar surface area (TPSA) is 27.7 Å². The van der Waals surface area contributed by atoms with Crippen molar-refractivity contribution in [3.8, 4) is 5.75 Å². The van der Waals surface area contributed by atoms with Crippen LogP contribution in [0.15, 0.2) is 22.7 Å². The summed E-state index contributed by atoms with van der Waals surface area (Å²) in [7, 11) is 1.28. The molecule has 1 aliphatic rings. The molecule has 1 aliphatic heterocycles. The summed E-state index contributed by atoms with van der Waals surface area (Å²) in [5.74, 6) is 0.785. The van der Waals surface area contributed by atoms with Crippen molar-refractivity contribution in [3.63, 3.8) is 0 Å². The van der Waals surface area contributed by atoms with Gasteiger partial charge in [-0.1, -0.05) is 15.9 Å². The van der Waals surface area contributed by atoms with Crippen molar-refractivity contribution in [1.29, 1.82) is 0 Å². The molecule has 0 aliphatic carbocycles. The molecule has 98 valence electrons. The van der Waals surface area contributed by atoms with E-state index in [2.05, 4.69) is 36.7 Å². The van der Waals surface area contributed by atoms with Crippen LogP contribution in [0.1, 0.15) is 27.2 Å². The van der Waals surface area contributed by atoms with Crippen LogP contribution in [0.2, 0.25) is 0 Å². The van der Waals surface area contributed by atoms with E-state index in [1.165, 1.54) is 0 Å². The smallest absolute Gasteiger partial charge is 0.497 e. The summed E-state index contributed by atoms with van der Waals surface area (Å²) >= 11 is 3.47. The van der Waals surface area contributed by atoms with Crippen LogP contribution >= 0.6 is 15.9 Å². The lowest BCUT2D eigenvalue weighted by Gasteiger charge is -2.38. The summed E-state index contributed by atoms with van der Waals surface area (Å²) in [6, 6.07) is 5.84. The van der Waals surface area contributed by atoms with Crippen molar-refractivity contribution in [2.24, 2.45) is 0 Å². The van der Waals surface area contributed by atoms with Crippen LogP contribution in [0.5, 0.6) is 5.75 Å². The number of halogens is 1. The van der Waals surface area contributed by atoms with Gasteiger partial charge in [-0.15, -0.1) is 0 Å². The van der Waals surface area contributed by atoms with Crippen molar-refractivity contribution in [2.75, 3.05) is 7.11 Å². The number of benzene rings is 1. The molecule has 1 aromatic carbocycles. The Bertz CT molecular complexity index is 436. The second-order valence-electron chi connectivity index (χ2n) is 5.25. The largest absolute Gasteiger partial charge is 0.498 e. The number of hydrogen-bond acceptors (Lipinski definition) is 3. The van der Waals surface area contributed by atoms with Crippen molar-refractivity contribution in [2.45, 2.75) is 38.9 Å². The fourth-order valence-corrected chi connectivity index (χ4v) is 2.72. The van der Waals surface area contributed by atoms with E-state index in [1.807, 2.05) is 18.2 Å². The van der Waals surface area contributed by atoms with E-state index >= 15 is 0 Å². The first-order chi connectivity index (χ1) is 8.41. The average molecular weight is 313 g/mol. The summed E-state index contributed by atoms with van der Waals surface area (Å²) in [5.41, 5.74) is 0.738. The number of methoxy groups -OCH3 is 1. The van der Waals surface area contributed by atoms with Crippen LogP contribution in [-0.2, 0) is 9.31 Å². The van der Waals surface area contributed by atoms with Crippen LogP contribution in [0, 0.1) is 0 Å². The Kier molecular flexibility index (Phi) is 4.04. The van der Waals surface area contributed by atoms with Gasteiger partial charge in [0.25, 0.3) is 0 Å². The molecule has 2 rings (SSSR count). The van der Waals surface area contributed by atoms with E-state index in [0.717, 1.165) is 22.1 Å². The molecule has 0 N–H and O–H groups in total. The zero-order valence-corrected chi connectivity index (χ0v) is 12.8. The summed E-state index contributed by atoms with van der Waals surface area (Å²) in [5, 5.41) is 0. The molecule has 3 nitrogen and oxygen atoms in total. The van der Waals surface area contributed by atoms with Gasteiger partial charge in [0.2, 0.25) is 0 Å². The van der Waals surface area contributed by atoms with Gasteiger partial charge in [0.15, 0.2) is 0 Å². The van der Waals surface area contributed by atoms with Crippen LogP contribution in [-0.4, -0.2) is 25.9 Å². The third-order valence-corrected chi connectivity index (χ3v) is 3.50. The predicted molar refractivity (Wildman–Crippen MR) is 76.4 cm³/mol. The first-order valence-corrected chi connectivity index (χ1v) is 6.87. The molecule has 1 saturated heterocycles. The van der Waals surface area contributed by atoms with Gasteiger partial charge in [0.1, 0.15) is 5.75 Å². The SMILES string of the molecule is COc1ccc(Br)cc1B1O[C@@H](C)CC(C)(C)O1. The zero-order chi connectivity index (χ0) is 13.3. The summed E-state index contributed by atoms with van der Waals surface area (Å²) in [6.45, 7) is 6.24. The quantitative estimate of drug-likeness (QED) is 0.786.